The predicted octanol–water partition coefficient (Wildman–Crippen LogP) is 2.01. The summed E-state index contributed by atoms with van der Waals surface area (Å²) < 4.78 is 0.747. The van der Waals surface area contributed by atoms with Crippen LogP contribution >= 0.6 is 22.9 Å². The number of halogens is 1. The number of nitrogens with one attached hydrogen (secondary N) is 1. The molecule has 0 saturated carbocycles. The first-order chi connectivity index (χ1) is 6.63. The van der Waals surface area contributed by atoms with Crippen LogP contribution in [0.1, 0.15) is 11.3 Å². The number of carbonyl (C=O) groups is 1. The fraction of sp³-hybridized carbons (Fsp3) is 0.444. The van der Waals surface area contributed by atoms with Gasteiger partial charge in [0.05, 0.1) is 4.34 Å². The van der Waals surface area contributed by atoms with Crippen LogP contribution in [0.5, 0.6) is 0 Å². The third kappa shape index (κ3) is 3.29. The van der Waals surface area contributed by atoms with Crippen LogP contribution in [0.2, 0.25) is 4.34 Å². The summed E-state index contributed by atoms with van der Waals surface area (Å²) in [5, 5.41) is 11.5. The van der Waals surface area contributed by atoms with Crippen LogP contribution < -0.4 is 5.32 Å². The number of hydrogen-bond acceptors (Lipinski definition) is 3. The van der Waals surface area contributed by atoms with Gasteiger partial charge in [-0.25, -0.2) is 0 Å². The first-order valence-corrected chi connectivity index (χ1v) is 5.47. The highest BCUT2D eigenvalue weighted by molar-refractivity contribution is 7.16. The van der Waals surface area contributed by atoms with Gasteiger partial charge in [-0.15, -0.1) is 11.3 Å². The highest BCUT2D eigenvalue weighted by atomic mass is 35.5. The maximum atomic E-state index is 10.7. The van der Waals surface area contributed by atoms with Crippen molar-refractivity contribution in [1.29, 1.82) is 0 Å². The second-order valence-electron chi connectivity index (χ2n) is 2.92. The molecule has 0 aliphatic rings. The Kier molecular flexibility index (Phi) is 4.38. The lowest BCUT2D eigenvalue weighted by molar-refractivity contribution is -0.139. The molecule has 1 heterocycles. The maximum absolute atomic E-state index is 10.7. The Morgan fingerprint density at radius 2 is 2.43 bits per heavy atom. The first-order valence-electron chi connectivity index (χ1n) is 4.27. The summed E-state index contributed by atoms with van der Waals surface area (Å²) in [6.45, 7) is 0. The minimum absolute atomic E-state index is 0.476. The first kappa shape index (κ1) is 11.5. The van der Waals surface area contributed by atoms with Crippen molar-refractivity contribution in [3.63, 3.8) is 0 Å². The van der Waals surface area contributed by atoms with Gasteiger partial charge >= 0.3 is 5.97 Å². The van der Waals surface area contributed by atoms with E-state index >= 15 is 0 Å². The zero-order valence-corrected chi connectivity index (χ0v) is 9.36. The molecule has 0 fully saturated rings. The largest absolute Gasteiger partial charge is 0.480 e. The predicted molar refractivity (Wildman–Crippen MR) is 58.1 cm³/mol. The number of carboxylic acids is 1. The average molecular weight is 234 g/mol. The topological polar surface area (TPSA) is 49.3 Å². The molecule has 3 nitrogen and oxygen atoms in total. The second-order valence-corrected chi connectivity index (χ2v) is 4.72. The number of likely N-dealkylation sites (N-methyl/N-ethyl adjacent to an activating group) is 1. The van der Waals surface area contributed by atoms with Gasteiger partial charge in [0, 0.05) is 4.88 Å². The van der Waals surface area contributed by atoms with E-state index in [-0.39, 0.29) is 0 Å². The van der Waals surface area contributed by atoms with Gasteiger partial charge in [0.1, 0.15) is 6.04 Å². The molecule has 1 unspecified atom stereocenters. The molecule has 0 amide bonds. The van der Waals surface area contributed by atoms with E-state index in [4.69, 9.17) is 16.7 Å². The van der Waals surface area contributed by atoms with Crippen LogP contribution in [-0.4, -0.2) is 24.2 Å². The van der Waals surface area contributed by atoms with Crippen LogP contribution in [0.25, 0.3) is 0 Å². The molecule has 1 rings (SSSR count). The number of carboxylic acid groups (broad SMARTS) is 1. The van der Waals surface area contributed by atoms with Crippen molar-refractivity contribution in [3.8, 4) is 0 Å². The molecule has 0 saturated heterocycles. The van der Waals surface area contributed by atoms with E-state index in [1.165, 1.54) is 11.3 Å². The van der Waals surface area contributed by atoms with Gasteiger partial charge in [0.15, 0.2) is 0 Å². The van der Waals surface area contributed by atoms with E-state index in [1.807, 2.05) is 12.1 Å². The van der Waals surface area contributed by atoms with E-state index in [0.717, 1.165) is 15.6 Å². The number of hydrogen-bond donors (Lipinski definition) is 2. The van der Waals surface area contributed by atoms with Gasteiger partial charge in [-0.1, -0.05) is 11.6 Å². The van der Waals surface area contributed by atoms with Crippen molar-refractivity contribution in [1.82, 2.24) is 5.32 Å². The van der Waals surface area contributed by atoms with E-state index in [0.29, 0.717) is 6.42 Å². The zero-order valence-electron chi connectivity index (χ0n) is 7.79. The Labute approximate surface area is 91.7 Å². The number of thiophene rings is 1. The van der Waals surface area contributed by atoms with Crippen molar-refractivity contribution in [2.24, 2.45) is 0 Å². The summed E-state index contributed by atoms with van der Waals surface area (Å²) in [5.41, 5.74) is 0. The van der Waals surface area contributed by atoms with Gasteiger partial charge in [0.2, 0.25) is 0 Å². The summed E-state index contributed by atoms with van der Waals surface area (Å²) >= 11 is 7.26. The van der Waals surface area contributed by atoms with Gasteiger partial charge in [-0.2, -0.15) is 0 Å². The summed E-state index contributed by atoms with van der Waals surface area (Å²) in [5.74, 6) is -0.810. The van der Waals surface area contributed by atoms with Gasteiger partial charge < -0.3 is 10.4 Å². The Morgan fingerprint density at radius 1 is 1.71 bits per heavy atom. The number of aliphatic carboxylic acids is 1. The third-order valence-corrected chi connectivity index (χ3v) is 3.25. The summed E-state index contributed by atoms with van der Waals surface area (Å²) in [4.78, 5) is 11.8. The Balaban J connectivity index is 2.43. The van der Waals surface area contributed by atoms with Crippen LogP contribution in [0, 0.1) is 0 Å². The summed E-state index contributed by atoms with van der Waals surface area (Å²) in [6.07, 6.45) is 1.33. The normalized spacial score (nSPS) is 12.7. The molecule has 0 aliphatic carbocycles. The van der Waals surface area contributed by atoms with Crippen LogP contribution in [0.3, 0.4) is 0 Å². The van der Waals surface area contributed by atoms with E-state index in [9.17, 15) is 4.79 Å². The molecule has 0 aliphatic heterocycles. The summed E-state index contributed by atoms with van der Waals surface area (Å²) in [7, 11) is 1.65. The Morgan fingerprint density at radius 3 is 2.86 bits per heavy atom. The number of aryl methyl sites for hydroxylation is 1. The fourth-order valence-corrected chi connectivity index (χ4v) is 2.27. The van der Waals surface area contributed by atoms with E-state index < -0.39 is 12.0 Å². The van der Waals surface area contributed by atoms with Crippen molar-refractivity contribution in [2.45, 2.75) is 18.9 Å². The van der Waals surface area contributed by atoms with Crippen molar-refractivity contribution in [2.75, 3.05) is 7.05 Å². The quantitative estimate of drug-likeness (QED) is 0.818. The van der Waals surface area contributed by atoms with E-state index in [1.54, 1.807) is 7.05 Å². The Hall–Kier alpha value is -0.580. The molecular weight excluding hydrogens is 222 g/mol. The number of rotatable bonds is 5. The molecule has 0 radical (unpaired) electrons. The molecule has 1 aromatic rings. The molecule has 1 aromatic heterocycles. The van der Waals surface area contributed by atoms with Gasteiger partial charge in [-0.3, -0.25) is 4.79 Å². The molecular formula is C9H12ClNO2S. The van der Waals surface area contributed by atoms with Gasteiger partial charge in [-0.05, 0) is 32.0 Å². The van der Waals surface area contributed by atoms with E-state index in [2.05, 4.69) is 5.32 Å². The lowest BCUT2D eigenvalue weighted by Gasteiger charge is -2.09. The molecule has 5 heteroatoms. The SMILES string of the molecule is CNC(CCc1ccc(Cl)s1)C(=O)O. The lowest BCUT2D eigenvalue weighted by atomic mass is 10.1. The van der Waals surface area contributed by atoms with Crippen LogP contribution in [0.15, 0.2) is 12.1 Å². The molecule has 2 N–H and O–H groups in total. The van der Waals surface area contributed by atoms with Crippen molar-refractivity contribution >= 4 is 28.9 Å². The monoisotopic (exact) mass is 233 g/mol. The highest BCUT2D eigenvalue weighted by Gasteiger charge is 2.14. The third-order valence-electron chi connectivity index (χ3n) is 1.95. The minimum Gasteiger partial charge on any atom is -0.480 e. The van der Waals surface area contributed by atoms with Crippen LogP contribution in [-0.2, 0) is 11.2 Å². The molecule has 1 atom stereocenters. The standard InChI is InChI=1S/C9H12ClNO2S/c1-11-7(9(12)13)4-2-6-3-5-8(10)14-6/h3,5,7,11H,2,4H2,1H3,(H,12,13). The smallest absolute Gasteiger partial charge is 0.320 e. The highest BCUT2D eigenvalue weighted by Crippen LogP contribution is 2.22. The average Bonchev–Trinajstić information content (AvgIpc) is 2.52. The fourth-order valence-electron chi connectivity index (χ4n) is 1.16. The van der Waals surface area contributed by atoms with Crippen LogP contribution in [0.4, 0.5) is 0 Å². The molecule has 0 aromatic carbocycles. The summed E-state index contributed by atoms with van der Waals surface area (Å²) in [6, 6.07) is 3.29. The second kappa shape index (κ2) is 5.34. The zero-order chi connectivity index (χ0) is 10.6. The molecule has 14 heavy (non-hydrogen) atoms. The molecule has 0 spiro atoms. The maximum Gasteiger partial charge on any atom is 0.320 e. The minimum atomic E-state index is -0.810. The Bertz CT molecular complexity index is 314. The van der Waals surface area contributed by atoms with Crippen molar-refractivity contribution in [3.05, 3.63) is 21.3 Å². The lowest BCUT2D eigenvalue weighted by Crippen LogP contribution is -2.34. The van der Waals surface area contributed by atoms with Gasteiger partial charge in [0.25, 0.3) is 0 Å². The van der Waals surface area contributed by atoms with Crippen molar-refractivity contribution < 1.29 is 9.90 Å². The molecule has 78 valence electrons. The molecule has 0 bridgehead atoms.